The fourth-order valence-electron chi connectivity index (χ4n) is 1.98. The fraction of sp³-hybridized carbons (Fsp3) is 0.250. The zero-order chi connectivity index (χ0) is 12.5. The van der Waals surface area contributed by atoms with Crippen molar-refractivity contribution in [2.24, 2.45) is 0 Å². The van der Waals surface area contributed by atoms with Crippen molar-refractivity contribution in [1.82, 2.24) is 15.0 Å². The minimum absolute atomic E-state index is 0.106. The summed E-state index contributed by atoms with van der Waals surface area (Å²) in [4.78, 5) is 11.7. The summed E-state index contributed by atoms with van der Waals surface area (Å²) >= 11 is 11.4. The third kappa shape index (κ3) is 2.54. The molecule has 0 spiro atoms. The van der Waals surface area contributed by atoms with E-state index in [0.717, 1.165) is 6.42 Å². The molecule has 2 atom stereocenters. The number of benzene rings is 1. The van der Waals surface area contributed by atoms with Crippen LogP contribution in [0.3, 0.4) is 0 Å². The molecular formula is C12H10Cl2N4. The predicted molar refractivity (Wildman–Crippen MR) is 71.1 cm³/mol. The van der Waals surface area contributed by atoms with Gasteiger partial charge in [0.25, 0.3) is 0 Å². The summed E-state index contributed by atoms with van der Waals surface area (Å²) in [6.45, 7) is 0. The maximum Gasteiger partial charge on any atom is 0.228 e. The zero-order valence-electron chi connectivity index (χ0n) is 9.35. The summed E-state index contributed by atoms with van der Waals surface area (Å²) < 4.78 is 0. The average Bonchev–Trinajstić information content (AvgIpc) is 3.08. The van der Waals surface area contributed by atoms with Crippen molar-refractivity contribution in [2.75, 3.05) is 5.32 Å². The van der Waals surface area contributed by atoms with Crippen LogP contribution in [0.4, 0.5) is 5.95 Å². The van der Waals surface area contributed by atoms with Crippen LogP contribution < -0.4 is 5.32 Å². The molecule has 1 aliphatic rings. The molecule has 18 heavy (non-hydrogen) atoms. The highest BCUT2D eigenvalue weighted by Crippen LogP contribution is 2.42. The molecule has 0 radical (unpaired) electrons. The van der Waals surface area contributed by atoms with Gasteiger partial charge in [-0.25, -0.2) is 0 Å². The largest absolute Gasteiger partial charge is 0.351 e. The number of nitrogens with zero attached hydrogens (tertiary/aromatic N) is 3. The Bertz CT molecular complexity index is 541. The number of aromatic nitrogens is 3. The Kier molecular flexibility index (Phi) is 3.06. The Morgan fingerprint density at radius 3 is 2.33 bits per heavy atom. The molecule has 0 aliphatic heterocycles. The van der Waals surface area contributed by atoms with E-state index in [4.69, 9.17) is 23.2 Å². The zero-order valence-corrected chi connectivity index (χ0v) is 10.9. The maximum absolute atomic E-state index is 5.72. The molecule has 2 unspecified atom stereocenters. The van der Waals surface area contributed by atoms with Crippen molar-refractivity contribution in [3.8, 4) is 0 Å². The van der Waals surface area contributed by atoms with Crippen molar-refractivity contribution in [1.29, 1.82) is 0 Å². The molecule has 0 saturated heterocycles. The van der Waals surface area contributed by atoms with Crippen molar-refractivity contribution in [2.45, 2.75) is 18.4 Å². The standard InChI is InChI=1S/C12H10Cl2N4/c13-10-16-11(14)18-12(17-10)15-9-6-8(9)7-4-2-1-3-5-7/h1-5,8-9H,6H2,(H,15,16,17,18). The number of anilines is 1. The van der Waals surface area contributed by atoms with Crippen LogP contribution in [-0.4, -0.2) is 21.0 Å². The minimum Gasteiger partial charge on any atom is -0.351 e. The van der Waals surface area contributed by atoms with E-state index >= 15 is 0 Å². The van der Waals surface area contributed by atoms with Gasteiger partial charge in [0.15, 0.2) is 0 Å². The van der Waals surface area contributed by atoms with E-state index in [0.29, 0.717) is 17.9 Å². The van der Waals surface area contributed by atoms with Gasteiger partial charge in [0.1, 0.15) is 0 Å². The van der Waals surface area contributed by atoms with E-state index in [1.54, 1.807) is 0 Å². The molecule has 3 rings (SSSR count). The van der Waals surface area contributed by atoms with E-state index in [9.17, 15) is 0 Å². The van der Waals surface area contributed by atoms with Crippen LogP contribution in [0.2, 0.25) is 10.6 Å². The number of halogens is 2. The van der Waals surface area contributed by atoms with Crippen LogP contribution in [0.15, 0.2) is 30.3 Å². The molecule has 1 aliphatic carbocycles. The SMILES string of the molecule is Clc1nc(Cl)nc(NC2CC2c2ccccc2)n1. The van der Waals surface area contributed by atoms with Crippen LogP contribution in [0, 0.1) is 0 Å². The summed E-state index contributed by atoms with van der Waals surface area (Å²) in [7, 11) is 0. The lowest BCUT2D eigenvalue weighted by molar-refractivity contribution is 0.974. The molecule has 1 N–H and O–H groups in total. The van der Waals surface area contributed by atoms with Crippen molar-refractivity contribution >= 4 is 29.2 Å². The van der Waals surface area contributed by atoms with Crippen LogP contribution in [0.5, 0.6) is 0 Å². The number of rotatable bonds is 3. The van der Waals surface area contributed by atoms with Crippen molar-refractivity contribution in [3.63, 3.8) is 0 Å². The number of hydrogen-bond acceptors (Lipinski definition) is 4. The molecule has 1 aromatic heterocycles. The average molecular weight is 281 g/mol. The second-order valence-electron chi connectivity index (χ2n) is 4.20. The van der Waals surface area contributed by atoms with Crippen molar-refractivity contribution < 1.29 is 0 Å². The third-order valence-electron chi connectivity index (χ3n) is 2.91. The third-order valence-corrected chi connectivity index (χ3v) is 3.25. The van der Waals surface area contributed by atoms with Gasteiger partial charge in [-0.2, -0.15) is 15.0 Å². The van der Waals surface area contributed by atoms with E-state index in [1.807, 2.05) is 18.2 Å². The molecule has 1 aromatic carbocycles. The van der Waals surface area contributed by atoms with Crippen molar-refractivity contribution in [3.05, 3.63) is 46.5 Å². The van der Waals surface area contributed by atoms with E-state index in [2.05, 4.69) is 32.4 Å². The van der Waals surface area contributed by atoms with E-state index < -0.39 is 0 Å². The van der Waals surface area contributed by atoms with Gasteiger partial charge in [0.05, 0.1) is 0 Å². The van der Waals surface area contributed by atoms with Gasteiger partial charge in [-0.1, -0.05) is 30.3 Å². The van der Waals surface area contributed by atoms with Crippen LogP contribution in [0.25, 0.3) is 0 Å². The Morgan fingerprint density at radius 1 is 1.00 bits per heavy atom. The molecule has 1 saturated carbocycles. The molecular weight excluding hydrogens is 271 g/mol. The van der Waals surface area contributed by atoms with Gasteiger partial charge in [-0.3, -0.25) is 0 Å². The molecule has 2 aromatic rings. The smallest absolute Gasteiger partial charge is 0.228 e. The second kappa shape index (κ2) is 4.71. The highest BCUT2D eigenvalue weighted by molar-refractivity contribution is 6.31. The van der Waals surface area contributed by atoms with Gasteiger partial charge in [-0.05, 0) is 35.2 Å². The normalized spacial score (nSPS) is 21.7. The summed E-state index contributed by atoms with van der Waals surface area (Å²) in [6, 6.07) is 10.7. The Balaban J connectivity index is 1.69. The monoisotopic (exact) mass is 280 g/mol. The lowest BCUT2D eigenvalue weighted by atomic mass is 10.1. The fourth-order valence-corrected chi connectivity index (χ4v) is 2.34. The van der Waals surface area contributed by atoms with Gasteiger partial charge in [0, 0.05) is 12.0 Å². The van der Waals surface area contributed by atoms with Gasteiger partial charge >= 0.3 is 0 Å². The Morgan fingerprint density at radius 2 is 1.67 bits per heavy atom. The molecule has 1 heterocycles. The van der Waals surface area contributed by atoms with Crippen LogP contribution >= 0.6 is 23.2 Å². The summed E-state index contributed by atoms with van der Waals surface area (Å²) in [5, 5.41) is 3.43. The molecule has 92 valence electrons. The van der Waals surface area contributed by atoms with E-state index in [-0.39, 0.29) is 10.6 Å². The summed E-state index contributed by atoms with van der Waals surface area (Å²) in [5.74, 6) is 0.934. The highest BCUT2D eigenvalue weighted by Gasteiger charge is 2.38. The topological polar surface area (TPSA) is 50.7 Å². The molecule has 4 nitrogen and oxygen atoms in total. The molecule has 0 bridgehead atoms. The number of hydrogen-bond donors (Lipinski definition) is 1. The lowest BCUT2D eigenvalue weighted by Gasteiger charge is -2.04. The quantitative estimate of drug-likeness (QED) is 0.939. The van der Waals surface area contributed by atoms with E-state index in [1.165, 1.54) is 5.56 Å². The molecule has 1 fully saturated rings. The highest BCUT2D eigenvalue weighted by atomic mass is 35.5. The first-order valence-electron chi connectivity index (χ1n) is 5.61. The number of nitrogens with one attached hydrogen (secondary N) is 1. The first-order chi connectivity index (χ1) is 8.72. The minimum atomic E-state index is 0.106. The molecule has 6 heteroatoms. The Labute approximate surface area is 114 Å². The van der Waals surface area contributed by atoms with Gasteiger partial charge < -0.3 is 5.32 Å². The lowest BCUT2D eigenvalue weighted by Crippen LogP contribution is -2.08. The second-order valence-corrected chi connectivity index (χ2v) is 4.88. The Hall–Kier alpha value is -1.39. The summed E-state index contributed by atoms with van der Waals surface area (Å²) in [5.41, 5.74) is 1.32. The van der Waals surface area contributed by atoms with Crippen LogP contribution in [0.1, 0.15) is 17.9 Å². The van der Waals surface area contributed by atoms with Crippen LogP contribution in [-0.2, 0) is 0 Å². The maximum atomic E-state index is 5.72. The predicted octanol–water partition coefficient (Wildman–Crippen LogP) is 3.15. The summed E-state index contributed by atoms with van der Waals surface area (Å²) in [6.07, 6.45) is 1.06. The first-order valence-corrected chi connectivity index (χ1v) is 6.36. The van der Waals surface area contributed by atoms with Gasteiger partial charge in [-0.15, -0.1) is 0 Å². The molecule has 0 amide bonds. The van der Waals surface area contributed by atoms with Gasteiger partial charge in [0.2, 0.25) is 16.5 Å². The first kappa shape index (κ1) is 11.7.